The van der Waals surface area contributed by atoms with E-state index >= 15 is 0 Å². The molecule has 0 saturated heterocycles. The van der Waals surface area contributed by atoms with E-state index in [2.05, 4.69) is 24.5 Å². The van der Waals surface area contributed by atoms with Crippen LogP contribution in [0.5, 0.6) is 0 Å². The summed E-state index contributed by atoms with van der Waals surface area (Å²) in [6.07, 6.45) is 5.73. The second-order valence-corrected chi connectivity index (χ2v) is 5.49. The van der Waals surface area contributed by atoms with E-state index in [-0.39, 0.29) is 17.9 Å². The Balaban J connectivity index is 2.04. The Hall–Kier alpha value is -0.610. The van der Waals surface area contributed by atoms with Crippen molar-refractivity contribution in [2.75, 3.05) is 19.7 Å². The summed E-state index contributed by atoms with van der Waals surface area (Å²) in [6.45, 7) is 6.14. The fourth-order valence-electron chi connectivity index (χ4n) is 2.03. The van der Waals surface area contributed by atoms with Crippen molar-refractivity contribution in [1.82, 2.24) is 10.6 Å². The summed E-state index contributed by atoms with van der Waals surface area (Å²) in [5.41, 5.74) is 0.0102. The van der Waals surface area contributed by atoms with Crippen molar-refractivity contribution in [2.24, 2.45) is 5.41 Å². The van der Waals surface area contributed by atoms with Gasteiger partial charge in [0.2, 0.25) is 5.91 Å². The van der Waals surface area contributed by atoms with E-state index in [9.17, 15) is 9.90 Å². The second kappa shape index (κ2) is 7.74. The van der Waals surface area contributed by atoms with Gasteiger partial charge in [-0.05, 0) is 38.6 Å². The maximum Gasteiger partial charge on any atom is 0.220 e. The molecule has 0 aromatic rings. The van der Waals surface area contributed by atoms with E-state index in [4.69, 9.17) is 0 Å². The maximum atomic E-state index is 11.4. The van der Waals surface area contributed by atoms with Crippen molar-refractivity contribution in [1.29, 1.82) is 0 Å². The standard InChI is InChI=1S/C14H28N2O2/c1-3-14(4-2,11-17)10-15-9-5-6-13(18)16-12-7-8-12/h12,15,17H,3-11H2,1-2H3,(H,16,18). The lowest BCUT2D eigenvalue weighted by Crippen LogP contribution is -2.37. The molecule has 3 N–H and O–H groups in total. The van der Waals surface area contributed by atoms with E-state index in [0.717, 1.165) is 45.2 Å². The predicted molar refractivity (Wildman–Crippen MR) is 73.4 cm³/mol. The molecule has 1 aliphatic carbocycles. The number of aliphatic hydroxyl groups excluding tert-OH is 1. The SMILES string of the molecule is CCC(CC)(CO)CNCCCC(=O)NC1CC1. The minimum Gasteiger partial charge on any atom is -0.396 e. The highest BCUT2D eigenvalue weighted by Gasteiger charge is 2.24. The molecule has 0 radical (unpaired) electrons. The topological polar surface area (TPSA) is 61.4 Å². The zero-order valence-electron chi connectivity index (χ0n) is 11.8. The van der Waals surface area contributed by atoms with E-state index in [0.29, 0.717) is 12.5 Å². The Morgan fingerprint density at radius 3 is 2.50 bits per heavy atom. The Morgan fingerprint density at radius 2 is 2.00 bits per heavy atom. The van der Waals surface area contributed by atoms with Crippen LogP contribution in [0.25, 0.3) is 0 Å². The number of carbonyl (C=O) groups is 1. The molecule has 106 valence electrons. The van der Waals surface area contributed by atoms with E-state index in [1.807, 2.05) is 0 Å². The molecule has 0 aromatic heterocycles. The summed E-state index contributed by atoms with van der Waals surface area (Å²) in [4.78, 5) is 11.4. The van der Waals surface area contributed by atoms with Crippen LogP contribution in [0.2, 0.25) is 0 Å². The predicted octanol–water partition coefficient (Wildman–Crippen LogP) is 1.43. The summed E-state index contributed by atoms with van der Waals surface area (Å²) < 4.78 is 0. The monoisotopic (exact) mass is 256 g/mol. The van der Waals surface area contributed by atoms with Gasteiger partial charge >= 0.3 is 0 Å². The molecule has 0 aromatic carbocycles. The molecule has 4 heteroatoms. The molecule has 1 saturated carbocycles. The van der Waals surface area contributed by atoms with Crippen molar-refractivity contribution in [2.45, 2.75) is 58.4 Å². The molecule has 0 aliphatic heterocycles. The number of carbonyl (C=O) groups excluding carboxylic acids is 1. The molecule has 4 nitrogen and oxygen atoms in total. The summed E-state index contributed by atoms with van der Waals surface area (Å²) in [7, 11) is 0. The number of rotatable bonds is 10. The molecular formula is C14H28N2O2. The molecule has 0 heterocycles. The quantitative estimate of drug-likeness (QED) is 0.518. The molecule has 0 atom stereocenters. The van der Waals surface area contributed by atoms with Gasteiger partial charge in [-0.3, -0.25) is 4.79 Å². The summed E-state index contributed by atoms with van der Waals surface area (Å²) in [5, 5.41) is 15.8. The summed E-state index contributed by atoms with van der Waals surface area (Å²) in [5.74, 6) is 0.179. The van der Waals surface area contributed by atoms with Gasteiger partial charge in [0.25, 0.3) is 0 Å². The van der Waals surface area contributed by atoms with E-state index < -0.39 is 0 Å². The lowest BCUT2D eigenvalue weighted by molar-refractivity contribution is -0.121. The van der Waals surface area contributed by atoms with Gasteiger partial charge in [-0.25, -0.2) is 0 Å². The van der Waals surface area contributed by atoms with Crippen LogP contribution in [0.1, 0.15) is 52.4 Å². The van der Waals surface area contributed by atoms with Gasteiger partial charge in [0.15, 0.2) is 0 Å². The van der Waals surface area contributed by atoms with Crippen molar-refractivity contribution in [3.05, 3.63) is 0 Å². The maximum absolute atomic E-state index is 11.4. The van der Waals surface area contributed by atoms with Crippen LogP contribution in [0, 0.1) is 5.41 Å². The Labute approximate surface area is 111 Å². The third kappa shape index (κ3) is 5.36. The lowest BCUT2D eigenvalue weighted by Gasteiger charge is -2.29. The van der Waals surface area contributed by atoms with Crippen molar-refractivity contribution < 1.29 is 9.90 Å². The van der Waals surface area contributed by atoms with Gasteiger partial charge in [-0.2, -0.15) is 0 Å². The molecule has 0 unspecified atom stereocenters. The fourth-order valence-corrected chi connectivity index (χ4v) is 2.03. The molecule has 1 aliphatic rings. The minimum atomic E-state index is 0.0102. The average Bonchev–Trinajstić information content (AvgIpc) is 3.18. The van der Waals surface area contributed by atoms with Crippen LogP contribution < -0.4 is 10.6 Å². The van der Waals surface area contributed by atoms with Gasteiger partial charge < -0.3 is 15.7 Å². The highest BCUT2D eigenvalue weighted by atomic mass is 16.3. The Kier molecular flexibility index (Phi) is 6.65. The highest BCUT2D eigenvalue weighted by molar-refractivity contribution is 5.76. The van der Waals surface area contributed by atoms with Crippen molar-refractivity contribution in [3.63, 3.8) is 0 Å². The largest absolute Gasteiger partial charge is 0.396 e. The van der Waals surface area contributed by atoms with Crippen molar-refractivity contribution in [3.8, 4) is 0 Å². The van der Waals surface area contributed by atoms with Gasteiger partial charge in [-0.1, -0.05) is 13.8 Å². The second-order valence-electron chi connectivity index (χ2n) is 5.49. The summed E-state index contributed by atoms with van der Waals surface area (Å²) in [6, 6.07) is 0.465. The first kappa shape index (κ1) is 15.4. The van der Waals surface area contributed by atoms with Crippen LogP contribution in [0.3, 0.4) is 0 Å². The molecule has 1 rings (SSSR count). The summed E-state index contributed by atoms with van der Waals surface area (Å²) >= 11 is 0. The number of aliphatic hydroxyl groups is 1. The van der Waals surface area contributed by atoms with Gasteiger partial charge in [0.1, 0.15) is 0 Å². The van der Waals surface area contributed by atoms with Crippen LogP contribution in [-0.2, 0) is 4.79 Å². The van der Waals surface area contributed by atoms with Gasteiger partial charge in [0.05, 0.1) is 0 Å². The lowest BCUT2D eigenvalue weighted by atomic mass is 9.83. The number of hydrogen-bond acceptors (Lipinski definition) is 3. The van der Waals surface area contributed by atoms with Crippen LogP contribution in [0.15, 0.2) is 0 Å². The van der Waals surface area contributed by atoms with Crippen LogP contribution in [-0.4, -0.2) is 36.8 Å². The minimum absolute atomic E-state index is 0.0102. The molecule has 1 amide bonds. The fraction of sp³-hybridized carbons (Fsp3) is 0.929. The normalized spacial score (nSPS) is 15.7. The average molecular weight is 256 g/mol. The first-order chi connectivity index (χ1) is 8.65. The highest BCUT2D eigenvalue weighted by Crippen LogP contribution is 2.24. The zero-order chi connectivity index (χ0) is 13.4. The first-order valence-corrected chi connectivity index (χ1v) is 7.26. The van der Waals surface area contributed by atoms with Gasteiger partial charge in [0, 0.05) is 31.0 Å². The molecule has 0 bridgehead atoms. The third-order valence-corrected chi connectivity index (χ3v) is 4.04. The number of amides is 1. The van der Waals surface area contributed by atoms with Crippen LogP contribution >= 0.6 is 0 Å². The third-order valence-electron chi connectivity index (χ3n) is 4.04. The van der Waals surface area contributed by atoms with Crippen LogP contribution in [0.4, 0.5) is 0 Å². The Bertz CT molecular complexity index is 240. The smallest absolute Gasteiger partial charge is 0.220 e. The van der Waals surface area contributed by atoms with E-state index in [1.165, 1.54) is 0 Å². The molecule has 18 heavy (non-hydrogen) atoms. The number of hydrogen-bond donors (Lipinski definition) is 3. The van der Waals surface area contributed by atoms with Gasteiger partial charge in [-0.15, -0.1) is 0 Å². The molecular weight excluding hydrogens is 228 g/mol. The zero-order valence-corrected chi connectivity index (χ0v) is 11.8. The molecule has 0 spiro atoms. The number of nitrogens with one attached hydrogen (secondary N) is 2. The molecule has 1 fully saturated rings. The van der Waals surface area contributed by atoms with E-state index in [1.54, 1.807) is 0 Å². The first-order valence-electron chi connectivity index (χ1n) is 7.26. The Morgan fingerprint density at radius 1 is 1.33 bits per heavy atom. The van der Waals surface area contributed by atoms with Crippen molar-refractivity contribution >= 4 is 5.91 Å².